The smallest absolute Gasteiger partial charge is 0.255 e. The molecule has 112 valence electrons. The molecule has 4 nitrogen and oxygen atoms in total. The zero-order valence-electron chi connectivity index (χ0n) is 12.1. The van der Waals surface area contributed by atoms with Crippen molar-refractivity contribution in [2.75, 3.05) is 16.8 Å². The van der Waals surface area contributed by atoms with Gasteiger partial charge in [-0.1, -0.05) is 17.7 Å². The highest BCUT2D eigenvalue weighted by Crippen LogP contribution is 2.31. The number of nitrogens with one attached hydrogen (secondary N) is 1. The Kier molecular flexibility index (Phi) is 3.86. The first-order valence-electron chi connectivity index (χ1n) is 7.02. The highest BCUT2D eigenvalue weighted by Gasteiger charge is 2.22. The number of carbonyl (C=O) groups is 2. The van der Waals surface area contributed by atoms with Gasteiger partial charge in [-0.2, -0.15) is 0 Å². The van der Waals surface area contributed by atoms with Gasteiger partial charge < -0.3 is 10.2 Å². The monoisotopic (exact) mass is 314 g/mol. The van der Waals surface area contributed by atoms with Crippen LogP contribution in [0.2, 0.25) is 5.02 Å². The van der Waals surface area contributed by atoms with Gasteiger partial charge in [-0.25, -0.2) is 0 Å². The Morgan fingerprint density at radius 1 is 1.14 bits per heavy atom. The molecule has 0 saturated carbocycles. The Labute approximate surface area is 133 Å². The van der Waals surface area contributed by atoms with E-state index >= 15 is 0 Å². The first-order chi connectivity index (χ1) is 10.5. The minimum atomic E-state index is -0.205. The molecule has 0 radical (unpaired) electrons. The number of benzene rings is 2. The SMILES string of the molecule is CC(=O)N1CCc2ccc(NC(=O)c3ccc(Cl)cc3)cc21. The van der Waals surface area contributed by atoms with Crippen LogP contribution in [0.15, 0.2) is 42.5 Å². The van der Waals surface area contributed by atoms with Gasteiger partial charge in [0.25, 0.3) is 5.91 Å². The molecule has 2 aromatic carbocycles. The van der Waals surface area contributed by atoms with Crippen LogP contribution in [0.3, 0.4) is 0 Å². The number of nitrogens with zero attached hydrogens (tertiary/aromatic N) is 1. The molecule has 3 rings (SSSR count). The molecule has 1 N–H and O–H groups in total. The first-order valence-corrected chi connectivity index (χ1v) is 7.40. The summed E-state index contributed by atoms with van der Waals surface area (Å²) >= 11 is 5.82. The molecule has 0 spiro atoms. The van der Waals surface area contributed by atoms with E-state index in [1.807, 2.05) is 18.2 Å². The predicted molar refractivity (Wildman–Crippen MR) is 87.6 cm³/mol. The van der Waals surface area contributed by atoms with Gasteiger partial charge in [0.05, 0.1) is 0 Å². The Bertz CT molecular complexity index is 741. The van der Waals surface area contributed by atoms with Crippen LogP contribution in [-0.4, -0.2) is 18.4 Å². The molecule has 1 aliphatic rings. The van der Waals surface area contributed by atoms with Crippen LogP contribution in [0, 0.1) is 0 Å². The lowest BCUT2D eigenvalue weighted by atomic mass is 10.1. The van der Waals surface area contributed by atoms with Crippen molar-refractivity contribution in [1.29, 1.82) is 0 Å². The number of halogens is 1. The minimum absolute atomic E-state index is 0.0138. The third-order valence-corrected chi connectivity index (χ3v) is 3.98. The van der Waals surface area contributed by atoms with Gasteiger partial charge in [0.2, 0.25) is 5.91 Å². The van der Waals surface area contributed by atoms with Crippen molar-refractivity contribution in [3.63, 3.8) is 0 Å². The normalized spacial score (nSPS) is 12.9. The predicted octanol–water partition coefficient (Wildman–Crippen LogP) is 3.50. The number of fused-ring (bicyclic) bond motifs is 1. The maximum Gasteiger partial charge on any atom is 0.255 e. The average Bonchev–Trinajstić information content (AvgIpc) is 2.91. The van der Waals surface area contributed by atoms with Crippen LogP contribution in [-0.2, 0) is 11.2 Å². The van der Waals surface area contributed by atoms with Gasteiger partial charge in [0.1, 0.15) is 0 Å². The molecule has 0 saturated heterocycles. The maximum absolute atomic E-state index is 12.2. The van der Waals surface area contributed by atoms with Crippen LogP contribution in [0.25, 0.3) is 0 Å². The fourth-order valence-electron chi connectivity index (χ4n) is 2.59. The standard InChI is InChI=1S/C17H15ClN2O2/c1-11(21)20-9-8-12-4-7-15(10-16(12)20)19-17(22)13-2-5-14(18)6-3-13/h2-7,10H,8-9H2,1H3,(H,19,22). The van der Waals surface area contributed by atoms with Crippen molar-refractivity contribution in [1.82, 2.24) is 0 Å². The second-order valence-corrected chi connectivity index (χ2v) is 5.66. The highest BCUT2D eigenvalue weighted by molar-refractivity contribution is 6.30. The molecule has 2 aromatic rings. The van der Waals surface area contributed by atoms with Crippen LogP contribution >= 0.6 is 11.6 Å². The number of hydrogen-bond acceptors (Lipinski definition) is 2. The third-order valence-electron chi connectivity index (χ3n) is 3.73. The molecule has 0 fully saturated rings. The summed E-state index contributed by atoms with van der Waals surface area (Å²) in [6.45, 7) is 2.24. The lowest BCUT2D eigenvalue weighted by Crippen LogP contribution is -2.25. The van der Waals surface area contributed by atoms with Gasteiger partial charge in [-0.3, -0.25) is 9.59 Å². The number of anilines is 2. The fourth-order valence-corrected chi connectivity index (χ4v) is 2.71. The van der Waals surface area contributed by atoms with Gasteiger partial charge in [0, 0.05) is 35.4 Å². The Balaban J connectivity index is 1.82. The summed E-state index contributed by atoms with van der Waals surface area (Å²) in [7, 11) is 0. The van der Waals surface area contributed by atoms with Crippen molar-refractivity contribution in [3.8, 4) is 0 Å². The van der Waals surface area contributed by atoms with Crippen molar-refractivity contribution in [3.05, 3.63) is 58.6 Å². The second-order valence-electron chi connectivity index (χ2n) is 5.23. The molecule has 1 aliphatic heterocycles. The summed E-state index contributed by atoms with van der Waals surface area (Å²) in [5.74, 6) is -0.191. The lowest BCUT2D eigenvalue weighted by molar-refractivity contribution is -0.116. The van der Waals surface area contributed by atoms with Crippen LogP contribution in [0.5, 0.6) is 0 Å². The summed E-state index contributed by atoms with van der Waals surface area (Å²) in [4.78, 5) is 25.6. The first kappa shape index (κ1) is 14.6. The van der Waals surface area contributed by atoms with Crippen LogP contribution < -0.4 is 10.2 Å². The maximum atomic E-state index is 12.2. The van der Waals surface area contributed by atoms with E-state index in [0.717, 1.165) is 17.7 Å². The molecule has 0 atom stereocenters. The van der Waals surface area contributed by atoms with Gasteiger partial charge in [-0.15, -0.1) is 0 Å². The van der Waals surface area contributed by atoms with Crippen molar-refractivity contribution < 1.29 is 9.59 Å². The Hall–Kier alpha value is -2.33. The molecule has 2 amide bonds. The number of rotatable bonds is 2. The lowest BCUT2D eigenvalue weighted by Gasteiger charge is -2.15. The molecule has 0 unspecified atom stereocenters. The summed E-state index contributed by atoms with van der Waals surface area (Å²) < 4.78 is 0. The van der Waals surface area contributed by atoms with Crippen molar-refractivity contribution in [2.45, 2.75) is 13.3 Å². The number of hydrogen-bond donors (Lipinski definition) is 1. The molecule has 0 bridgehead atoms. The summed E-state index contributed by atoms with van der Waals surface area (Å²) in [6.07, 6.45) is 0.848. The molecule has 22 heavy (non-hydrogen) atoms. The van der Waals surface area contributed by atoms with E-state index in [1.165, 1.54) is 0 Å². The van der Waals surface area contributed by atoms with E-state index < -0.39 is 0 Å². The molecular formula is C17H15ClN2O2. The molecule has 0 aromatic heterocycles. The van der Waals surface area contributed by atoms with E-state index in [2.05, 4.69) is 5.32 Å². The topological polar surface area (TPSA) is 49.4 Å². The summed E-state index contributed by atoms with van der Waals surface area (Å²) in [6, 6.07) is 12.4. The zero-order valence-corrected chi connectivity index (χ0v) is 12.9. The Morgan fingerprint density at radius 3 is 2.55 bits per heavy atom. The zero-order chi connectivity index (χ0) is 15.7. The molecule has 1 heterocycles. The summed E-state index contributed by atoms with van der Waals surface area (Å²) in [5.41, 5.74) is 3.21. The Morgan fingerprint density at radius 2 is 1.86 bits per heavy atom. The highest BCUT2D eigenvalue weighted by atomic mass is 35.5. The van der Waals surface area contributed by atoms with Crippen molar-refractivity contribution >= 4 is 34.8 Å². The largest absolute Gasteiger partial charge is 0.322 e. The molecule has 5 heteroatoms. The van der Waals surface area contributed by atoms with E-state index in [0.29, 0.717) is 22.8 Å². The second kappa shape index (κ2) is 5.81. The van der Waals surface area contributed by atoms with E-state index in [-0.39, 0.29) is 11.8 Å². The average molecular weight is 315 g/mol. The summed E-state index contributed by atoms with van der Waals surface area (Å²) in [5, 5.41) is 3.44. The van der Waals surface area contributed by atoms with E-state index in [9.17, 15) is 9.59 Å². The quantitative estimate of drug-likeness (QED) is 0.922. The van der Waals surface area contributed by atoms with Crippen LogP contribution in [0.1, 0.15) is 22.8 Å². The van der Waals surface area contributed by atoms with Crippen LogP contribution in [0.4, 0.5) is 11.4 Å². The van der Waals surface area contributed by atoms with Gasteiger partial charge in [-0.05, 0) is 48.4 Å². The fraction of sp³-hybridized carbons (Fsp3) is 0.176. The molecular weight excluding hydrogens is 300 g/mol. The number of amides is 2. The van der Waals surface area contributed by atoms with Crippen molar-refractivity contribution in [2.24, 2.45) is 0 Å². The van der Waals surface area contributed by atoms with E-state index in [4.69, 9.17) is 11.6 Å². The third kappa shape index (κ3) is 2.83. The van der Waals surface area contributed by atoms with E-state index in [1.54, 1.807) is 36.1 Å². The molecule has 0 aliphatic carbocycles. The number of carbonyl (C=O) groups excluding carboxylic acids is 2. The van der Waals surface area contributed by atoms with Gasteiger partial charge >= 0.3 is 0 Å². The minimum Gasteiger partial charge on any atom is -0.322 e. The van der Waals surface area contributed by atoms with Gasteiger partial charge in [0.15, 0.2) is 0 Å².